The fraction of sp³-hybridized carbons (Fsp3) is 1.00. The molecular formula is C7H18O2Si2. The summed E-state index contributed by atoms with van der Waals surface area (Å²) < 4.78 is 11.5. The van der Waals surface area contributed by atoms with Crippen molar-refractivity contribution in [1.29, 1.82) is 0 Å². The van der Waals surface area contributed by atoms with Crippen molar-refractivity contribution in [2.75, 3.05) is 6.61 Å². The highest BCUT2D eigenvalue weighted by Crippen LogP contribution is 2.18. The van der Waals surface area contributed by atoms with Gasteiger partial charge in [-0.3, -0.25) is 0 Å². The Balaban J connectivity index is 2.42. The zero-order valence-corrected chi connectivity index (χ0v) is 9.88. The molecule has 1 rings (SSSR count). The summed E-state index contributed by atoms with van der Waals surface area (Å²) >= 11 is 0. The predicted molar refractivity (Wildman–Crippen MR) is 51.6 cm³/mol. The smallest absolute Gasteiger partial charge is 0.307 e. The minimum atomic E-state index is -1.30. The highest BCUT2D eigenvalue weighted by Gasteiger charge is 2.26. The average molecular weight is 190 g/mol. The molecule has 0 amide bonds. The second-order valence-electron chi connectivity index (χ2n) is 3.77. The van der Waals surface area contributed by atoms with Gasteiger partial charge in [-0.15, -0.1) is 0 Å². The molecule has 2 nitrogen and oxygen atoms in total. The molecule has 0 saturated carbocycles. The van der Waals surface area contributed by atoms with Gasteiger partial charge in [-0.1, -0.05) is 6.42 Å². The van der Waals surface area contributed by atoms with E-state index in [9.17, 15) is 0 Å². The Bertz CT molecular complexity index is 128. The number of hydrogen-bond donors (Lipinski definition) is 0. The molecule has 0 radical (unpaired) electrons. The predicted octanol–water partition coefficient (Wildman–Crippen LogP) is 1.87. The van der Waals surface area contributed by atoms with Gasteiger partial charge in [-0.2, -0.15) is 0 Å². The van der Waals surface area contributed by atoms with Crippen molar-refractivity contribution in [2.24, 2.45) is 0 Å². The van der Waals surface area contributed by atoms with Crippen LogP contribution in [0.25, 0.3) is 0 Å². The molecule has 0 aromatic heterocycles. The summed E-state index contributed by atoms with van der Waals surface area (Å²) in [6.07, 6.45) is 2.53. The first-order valence-corrected chi connectivity index (χ1v) is 9.61. The van der Waals surface area contributed by atoms with E-state index in [4.69, 9.17) is 8.54 Å². The lowest BCUT2D eigenvalue weighted by Crippen LogP contribution is -2.39. The molecule has 0 bridgehead atoms. The standard InChI is InChI=1S/C7H18O2Si2/c1-10-8-6-4-5-7-11(2,3)9-10/h10H,4-7H2,1-3H3. The summed E-state index contributed by atoms with van der Waals surface area (Å²) in [6.45, 7) is 7.66. The van der Waals surface area contributed by atoms with E-state index in [1.54, 1.807) is 0 Å². The lowest BCUT2D eigenvalue weighted by Gasteiger charge is -2.29. The summed E-state index contributed by atoms with van der Waals surface area (Å²) in [4.78, 5) is 0. The third kappa shape index (κ3) is 3.51. The van der Waals surface area contributed by atoms with Crippen molar-refractivity contribution in [3.63, 3.8) is 0 Å². The molecular weight excluding hydrogens is 172 g/mol. The molecule has 0 spiro atoms. The fourth-order valence-electron chi connectivity index (χ4n) is 1.44. The van der Waals surface area contributed by atoms with Gasteiger partial charge in [-0.05, 0) is 32.1 Å². The fourth-order valence-corrected chi connectivity index (χ4v) is 7.38. The van der Waals surface area contributed by atoms with Gasteiger partial charge in [0.15, 0.2) is 8.32 Å². The van der Waals surface area contributed by atoms with Crippen LogP contribution >= 0.6 is 0 Å². The molecule has 0 aromatic rings. The minimum Gasteiger partial charge on any atom is -0.438 e. The zero-order chi connectivity index (χ0) is 8.32. The van der Waals surface area contributed by atoms with Gasteiger partial charge in [-0.25, -0.2) is 0 Å². The molecule has 1 unspecified atom stereocenters. The van der Waals surface area contributed by atoms with Crippen molar-refractivity contribution in [3.8, 4) is 0 Å². The van der Waals surface area contributed by atoms with Gasteiger partial charge in [0.25, 0.3) is 0 Å². The van der Waals surface area contributed by atoms with Crippen LogP contribution in [0, 0.1) is 0 Å². The van der Waals surface area contributed by atoms with E-state index < -0.39 is 17.6 Å². The Morgan fingerprint density at radius 1 is 1.27 bits per heavy atom. The maximum atomic E-state index is 5.93. The zero-order valence-electron chi connectivity index (χ0n) is 7.72. The van der Waals surface area contributed by atoms with Crippen molar-refractivity contribution < 1.29 is 8.54 Å². The molecule has 0 aromatic carbocycles. The van der Waals surface area contributed by atoms with E-state index in [1.165, 1.54) is 18.9 Å². The van der Waals surface area contributed by atoms with Crippen LogP contribution in [0.3, 0.4) is 0 Å². The van der Waals surface area contributed by atoms with Crippen LogP contribution in [-0.4, -0.2) is 24.2 Å². The first kappa shape index (κ1) is 9.44. The maximum absolute atomic E-state index is 5.93. The van der Waals surface area contributed by atoms with Gasteiger partial charge in [0.1, 0.15) is 0 Å². The summed E-state index contributed by atoms with van der Waals surface area (Å²) in [7, 11) is -2.53. The number of hydrogen-bond acceptors (Lipinski definition) is 2. The number of rotatable bonds is 0. The van der Waals surface area contributed by atoms with Gasteiger partial charge < -0.3 is 8.54 Å². The van der Waals surface area contributed by atoms with E-state index in [0.29, 0.717) is 0 Å². The Kier molecular flexibility index (Phi) is 3.30. The van der Waals surface area contributed by atoms with Gasteiger partial charge in [0, 0.05) is 6.61 Å². The highest BCUT2D eigenvalue weighted by atomic mass is 28.4. The molecule has 0 aliphatic carbocycles. The third-order valence-corrected chi connectivity index (χ3v) is 8.15. The monoisotopic (exact) mass is 190 g/mol. The van der Waals surface area contributed by atoms with Crippen LogP contribution in [0.5, 0.6) is 0 Å². The van der Waals surface area contributed by atoms with Crippen LogP contribution in [-0.2, 0) is 8.54 Å². The van der Waals surface area contributed by atoms with Crippen LogP contribution in [0.15, 0.2) is 0 Å². The summed E-state index contributed by atoms with van der Waals surface area (Å²) in [5.41, 5.74) is 0. The Morgan fingerprint density at radius 2 is 2.00 bits per heavy atom. The molecule has 1 heterocycles. The van der Waals surface area contributed by atoms with E-state index in [1.807, 2.05) is 0 Å². The molecule has 0 N–H and O–H groups in total. The third-order valence-electron chi connectivity index (χ3n) is 2.01. The van der Waals surface area contributed by atoms with Crippen LogP contribution in [0.1, 0.15) is 12.8 Å². The maximum Gasteiger partial charge on any atom is 0.307 e. The quantitative estimate of drug-likeness (QED) is 0.543. The lowest BCUT2D eigenvalue weighted by atomic mass is 10.4. The van der Waals surface area contributed by atoms with Crippen LogP contribution in [0.4, 0.5) is 0 Å². The van der Waals surface area contributed by atoms with Crippen LogP contribution in [0.2, 0.25) is 25.7 Å². The lowest BCUT2D eigenvalue weighted by molar-refractivity contribution is 0.253. The molecule has 1 aliphatic heterocycles. The Labute approximate surface area is 71.9 Å². The second kappa shape index (κ2) is 3.84. The molecule has 66 valence electrons. The first-order chi connectivity index (χ1) is 5.10. The SMILES string of the molecule is C[SiH]1OCCCC[Si](C)(C)O1. The summed E-state index contributed by atoms with van der Waals surface area (Å²) in [5.74, 6) is 0. The van der Waals surface area contributed by atoms with E-state index in [0.717, 1.165) is 6.61 Å². The Hall–Kier alpha value is 0.354. The van der Waals surface area contributed by atoms with Crippen molar-refractivity contribution in [3.05, 3.63) is 0 Å². The van der Waals surface area contributed by atoms with Gasteiger partial charge in [0.2, 0.25) is 0 Å². The van der Waals surface area contributed by atoms with Gasteiger partial charge >= 0.3 is 9.28 Å². The first-order valence-electron chi connectivity index (χ1n) is 4.40. The molecule has 1 fully saturated rings. The minimum absolute atomic E-state index is 0.928. The topological polar surface area (TPSA) is 18.5 Å². The summed E-state index contributed by atoms with van der Waals surface area (Å²) in [6, 6.07) is 1.31. The molecule has 1 atom stereocenters. The molecule has 4 heteroatoms. The largest absolute Gasteiger partial charge is 0.438 e. The van der Waals surface area contributed by atoms with E-state index >= 15 is 0 Å². The normalized spacial score (nSPS) is 32.5. The van der Waals surface area contributed by atoms with E-state index in [2.05, 4.69) is 19.6 Å². The van der Waals surface area contributed by atoms with Crippen LogP contribution < -0.4 is 0 Å². The average Bonchev–Trinajstić information content (AvgIpc) is 1.82. The van der Waals surface area contributed by atoms with E-state index in [-0.39, 0.29) is 0 Å². The van der Waals surface area contributed by atoms with Crippen molar-refractivity contribution >= 4 is 17.6 Å². The van der Waals surface area contributed by atoms with Gasteiger partial charge in [0.05, 0.1) is 0 Å². The molecule has 11 heavy (non-hydrogen) atoms. The van der Waals surface area contributed by atoms with Crippen molar-refractivity contribution in [1.82, 2.24) is 0 Å². The summed E-state index contributed by atoms with van der Waals surface area (Å²) in [5, 5.41) is 0. The Morgan fingerprint density at radius 3 is 2.73 bits per heavy atom. The second-order valence-corrected chi connectivity index (χ2v) is 10.2. The molecule has 1 saturated heterocycles. The van der Waals surface area contributed by atoms with Crippen molar-refractivity contribution in [2.45, 2.75) is 38.5 Å². The highest BCUT2D eigenvalue weighted by molar-refractivity contribution is 6.76. The molecule has 1 aliphatic rings.